The zero-order valence-corrected chi connectivity index (χ0v) is 12.2. The average molecular weight is 282 g/mol. The fourth-order valence-electron chi connectivity index (χ4n) is 2.11. The van der Waals surface area contributed by atoms with Crippen LogP contribution in [0.3, 0.4) is 0 Å². The molecule has 1 aromatic carbocycles. The molecule has 1 aromatic heterocycles. The van der Waals surface area contributed by atoms with Gasteiger partial charge in [-0.2, -0.15) is 0 Å². The van der Waals surface area contributed by atoms with Gasteiger partial charge in [-0.1, -0.05) is 18.8 Å². The minimum absolute atomic E-state index is 0.133. The van der Waals surface area contributed by atoms with Gasteiger partial charge in [0.1, 0.15) is 12.3 Å². The van der Waals surface area contributed by atoms with Gasteiger partial charge in [-0.25, -0.2) is 0 Å². The summed E-state index contributed by atoms with van der Waals surface area (Å²) in [5, 5.41) is 11.7. The molecule has 0 saturated heterocycles. The second-order valence-corrected chi connectivity index (χ2v) is 4.64. The van der Waals surface area contributed by atoms with Crippen LogP contribution in [-0.4, -0.2) is 22.2 Å². The van der Waals surface area contributed by atoms with Crippen LogP contribution in [0, 0.1) is 11.8 Å². The van der Waals surface area contributed by atoms with Gasteiger partial charge in [0.25, 0.3) is 5.91 Å². The van der Waals surface area contributed by atoms with Crippen molar-refractivity contribution in [2.45, 2.75) is 13.3 Å². The van der Waals surface area contributed by atoms with E-state index in [9.17, 15) is 4.79 Å². The highest BCUT2D eigenvalue weighted by molar-refractivity contribution is 6.03. The van der Waals surface area contributed by atoms with Gasteiger partial charge in [0, 0.05) is 24.5 Å². The van der Waals surface area contributed by atoms with Crippen molar-refractivity contribution in [3.8, 4) is 11.8 Å². The molecule has 0 atom stereocenters. The van der Waals surface area contributed by atoms with E-state index in [2.05, 4.69) is 17.2 Å². The van der Waals surface area contributed by atoms with Crippen LogP contribution in [0.5, 0.6) is 0 Å². The molecule has 0 bridgehead atoms. The topological polar surface area (TPSA) is 54.3 Å². The number of hydrogen-bond donors (Lipinski definition) is 2. The number of aryl methyl sites for hydroxylation is 2. The van der Waals surface area contributed by atoms with Gasteiger partial charge in [-0.3, -0.25) is 4.79 Å². The van der Waals surface area contributed by atoms with Gasteiger partial charge in [0.05, 0.1) is 0 Å². The van der Waals surface area contributed by atoms with Crippen molar-refractivity contribution >= 4 is 11.6 Å². The molecule has 0 aliphatic carbocycles. The molecule has 108 valence electrons. The first-order valence-electron chi connectivity index (χ1n) is 6.81. The van der Waals surface area contributed by atoms with E-state index >= 15 is 0 Å². The molecule has 0 aliphatic heterocycles. The number of aliphatic hydroxyl groups excluding tert-OH is 1. The monoisotopic (exact) mass is 282 g/mol. The van der Waals surface area contributed by atoms with Crippen molar-refractivity contribution < 1.29 is 9.90 Å². The molecule has 2 rings (SSSR count). The molecule has 0 unspecified atom stereocenters. The molecular formula is C17H18N2O2. The summed E-state index contributed by atoms with van der Waals surface area (Å²) >= 11 is 0. The van der Waals surface area contributed by atoms with E-state index in [1.807, 2.05) is 44.4 Å². The van der Waals surface area contributed by atoms with Gasteiger partial charge in [-0.05, 0) is 42.3 Å². The maximum absolute atomic E-state index is 12.2. The SMILES string of the molecule is CCc1cc(C#CCO)ccc1NC(=O)c1cccn1C. The van der Waals surface area contributed by atoms with Crippen LogP contribution in [0.15, 0.2) is 36.5 Å². The number of carbonyl (C=O) groups is 1. The van der Waals surface area contributed by atoms with E-state index in [-0.39, 0.29) is 12.5 Å². The van der Waals surface area contributed by atoms with Gasteiger partial charge >= 0.3 is 0 Å². The van der Waals surface area contributed by atoms with E-state index in [1.165, 1.54) is 0 Å². The lowest BCUT2D eigenvalue weighted by molar-refractivity contribution is 0.101. The first-order chi connectivity index (χ1) is 10.2. The Morgan fingerprint density at radius 3 is 2.81 bits per heavy atom. The van der Waals surface area contributed by atoms with Crippen molar-refractivity contribution in [2.75, 3.05) is 11.9 Å². The first-order valence-corrected chi connectivity index (χ1v) is 6.81. The third-order valence-electron chi connectivity index (χ3n) is 3.22. The van der Waals surface area contributed by atoms with Gasteiger partial charge in [0.15, 0.2) is 0 Å². The third kappa shape index (κ3) is 3.53. The second kappa shape index (κ2) is 6.78. The fourth-order valence-corrected chi connectivity index (χ4v) is 2.11. The number of carbonyl (C=O) groups excluding carboxylic acids is 1. The normalized spacial score (nSPS) is 9.86. The van der Waals surface area contributed by atoms with Crippen molar-refractivity contribution in [3.05, 3.63) is 53.3 Å². The maximum Gasteiger partial charge on any atom is 0.272 e. The second-order valence-electron chi connectivity index (χ2n) is 4.64. The highest BCUT2D eigenvalue weighted by Crippen LogP contribution is 2.19. The Kier molecular flexibility index (Phi) is 4.81. The van der Waals surface area contributed by atoms with Crippen molar-refractivity contribution in [2.24, 2.45) is 7.05 Å². The number of nitrogens with one attached hydrogen (secondary N) is 1. The number of amides is 1. The average Bonchev–Trinajstić information content (AvgIpc) is 2.92. The molecule has 2 aromatic rings. The zero-order chi connectivity index (χ0) is 15.2. The Labute approximate surface area is 124 Å². The van der Waals surface area contributed by atoms with E-state index in [1.54, 1.807) is 10.6 Å². The molecule has 0 aliphatic rings. The maximum atomic E-state index is 12.2. The molecule has 21 heavy (non-hydrogen) atoms. The minimum atomic E-state index is -0.159. The predicted molar refractivity (Wildman–Crippen MR) is 83.2 cm³/mol. The molecule has 2 N–H and O–H groups in total. The molecular weight excluding hydrogens is 264 g/mol. The lowest BCUT2D eigenvalue weighted by atomic mass is 10.1. The van der Waals surface area contributed by atoms with Crippen molar-refractivity contribution in [1.82, 2.24) is 4.57 Å². The Bertz CT molecular complexity index is 705. The van der Waals surface area contributed by atoms with Gasteiger partial charge in [-0.15, -0.1) is 0 Å². The summed E-state index contributed by atoms with van der Waals surface area (Å²) in [6.45, 7) is 1.87. The summed E-state index contributed by atoms with van der Waals surface area (Å²) < 4.78 is 1.78. The highest BCUT2D eigenvalue weighted by Gasteiger charge is 2.11. The fraction of sp³-hybridized carbons (Fsp3) is 0.235. The van der Waals surface area contributed by atoms with Crippen LogP contribution >= 0.6 is 0 Å². The molecule has 0 saturated carbocycles. The van der Waals surface area contributed by atoms with Crippen LogP contribution < -0.4 is 5.32 Å². The lowest BCUT2D eigenvalue weighted by Gasteiger charge is -2.11. The Morgan fingerprint density at radius 1 is 1.38 bits per heavy atom. The van der Waals surface area contributed by atoms with Crippen LogP contribution in [0.4, 0.5) is 5.69 Å². The molecule has 0 radical (unpaired) electrons. The van der Waals surface area contributed by atoms with Crippen LogP contribution in [0.25, 0.3) is 0 Å². The number of aromatic nitrogens is 1. The summed E-state index contributed by atoms with van der Waals surface area (Å²) in [5.74, 6) is 5.36. The first kappa shape index (κ1) is 14.9. The van der Waals surface area contributed by atoms with Crippen LogP contribution in [0.2, 0.25) is 0 Å². The summed E-state index contributed by atoms with van der Waals surface area (Å²) in [6.07, 6.45) is 2.63. The number of hydrogen-bond acceptors (Lipinski definition) is 2. The lowest BCUT2D eigenvalue weighted by Crippen LogP contribution is -2.16. The quantitative estimate of drug-likeness (QED) is 0.848. The Hall–Kier alpha value is -2.51. The predicted octanol–water partition coefficient (Wildman–Crippen LogP) is 2.18. The van der Waals surface area contributed by atoms with Crippen LogP contribution in [-0.2, 0) is 13.5 Å². The standard InChI is InChI=1S/C17H18N2O2/c1-3-14-12-13(6-5-11-20)8-9-15(14)18-17(21)16-7-4-10-19(16)2/h4,7-10,12,20H,3,11H2,1-2H3,(H,18,21). The van der Waals surface area contributed by atoms with E-state index < -0.39 is 0 Å². The van der Waals surface area contributed by atoms with Crippen LogP contribution in [0.1, 0.15) is 28.5 Å². The summed E-state index contributed by atoms with van der Waals surface area (Å²) in [6, 6.07) is 9.23. The zero-order valence-electron chi connectivity index (χ0n) is 12.2. The summed E-state index contributed by atoms with van der Waals surface area (Å²) in [5.41, 5.74) is 3.25. The Morgan fingerprint density at radius 2 is 2.19 bits per heavy atom. The number of nitrogens with zero attached hydrogens (tertiary/aromatic N) is 1. The third-order valence-corrected chi connectivity index (χ3v) is 3.22. The largest absolute Gasteiger partial charge is 0.384 e. The molecule has 4 nitrogen and oxygen atoms in total. The van der Waals surface area contributed by atoms with E-state index in [0.717, 1.165) is 23.2 Å². The molecule has 1 amide bonds. The number of aliphatic hydroxyl groups is 1. The number of rotatable bonds is 3. The summed E-state index contributed by atoms with van der Waals surface area (Å²) in [4.78, 5) is 12.2. The van der Waals surface area contributed by atoms with E-state index in [0.29, 0.717) is 5.69 Å². The minimum Gasteiger partial charge on any atom is -0.384 e. The molecule has 0 fully saturated rings. The summed E-state index contributed by atoms with van der Waals surface area (Å²) in [7, 11) is 1.84. The van der Waals surface area contributed by atoms with Gasteiger partial charge < -0.3 is 15.0 Å². The molecule has 1 heterocycles. The van der Waals surface area contributed by atoms with Crippen molar-refractivity contribution in [3.63, 3.8) is 0 Å². The smallest absolute Gasteiger partial charge is 0.272 e. The number of benzene rings is 1. The van der Waals surface area contributed by atoms with Gasteiger partial charge in [0.2, 0.25) is 0 Å². The van der Waals surface area contributed by atoms with Crippen molar-refractivity contribution in [1.29, 1.82) is 0 Å². The molecule has 0 spiro atoms. The van der Waals surface area contributed by atoms with E-state index in [4.69, 9.17) is 5.11 Å². The number of anilines is 1. The Balaban J connectivity index is 2.24. The molecule has 4 heteroatoms. The highest BCUT2D eigenvalue weighted by atomic mass is 16.2.